The molecule has 0 radical (unpaired) electrons. The van der Waals surface area contributed by atoms with E-state index in [0.717, 1.165) is 38.9 Å². The van der Waals surface area contributed by atoms with Gasteiger partial charge in [-0.05, 0) is 25.8 Å². The van der Waals surface area contributed by atoms with E-state index in [2.05, 4.69) is 4.90 Å². The van der Waals surface area contributed by atoms with Crippen LogP contribution < -0.4 is 5.73 Å². The number of hydrogen-bond donors (Lipinski definition) is 2. The van der Waals surface area contributed by atoms with E-state index >= 15 is 0 Å². The van der Waals surface area contributed by atoms with Crippen molar-refractivity contribution in [3.63, 3.8) is 0 Å². The summed E-state index contributed by atoms with van der Waals surface area (Å²) >= 11 is 0. The molecule has 13 heavy (non-hydrogen) atoms. The molecule has 1 unspecified atom stereocenters. The first-order valence-corrected chi connectivity index (χ1v) is 5.38. The monoisotopic (exact) mass is 184 g/mol. The summed E-state index contributed by atoms with van der Waals surface area (Å²) in [6.07, 6.45) is 5.44. The second kappa shape index (κ2) is 3.56. The van der Waals surface area contributed by atoms with Crippen LogP contribution in [0.1, 0.15) is 32.1 Å². The fourth-order valence-corrected chi connectivity index (χ4v) is 2.61. The Morgan fingerprint density at radius 1 is 1.38 bits per heavy atom. The zero-order valence-corrected chi connectivity index (χ0v) is 8.21. The molecule has 3 heteroatoms. The van der Waals surface area contributed by atoms with Gasteiger partial charge in [0.2, 0.25) is 0 Å². The van der Waals surface area contributed by atoms with Gasteiger partial charge in [0.05, 0.1) is 5.60 Å². The minimum Gasteiger partial charge on any atom is -0.389 e. The van der Waals surface area contributed by atoms with Gasteiger partial charge >= 0.3 is 0 Å². The third-order valence-corrected chi connectivity index (χ3v) is 3.36. The molecule has 0 bridgehead atoms. The topological polar surface area (TPSA) is 49.5 Å². The Morgan fingerprint density at radius 3 is 2.62 bits per heavy atom. The summed E-state index contributed by atoms with van der Waals surface area (Å²) in [5, 5.41) is 10.2. The first-order chi connectivity index (χ1) is 6.18. The summed E-state index contributed by atoms with van der Waals surface area (Å²) in [7, 11) is 0. The number of nitrogens with two attached hydrogens (primary N) is 1. The van der Waals surface area contributed by atoms with Crippen LogP contribution in [-0.2, 0) is 0 Å². The lowest BCUT2D eigenvalue weighted by Gasteiger charge is -2.28. The molecule has 1 atom stereocenters. The van der Waals surface area contributed by atoms with E-state index in [1.165, 1.54) is 12.8 Å². The molecule has 0 amide bonds. The number of rotatable bonds is 2. The molecule has 3 nitrogen and oxygen atoms in total. The Balaban J connectivity index is 1.83. The lowest BCUT2D eigenvalue weighted by atomic mass is 10.0. The van der Waals surface area contributed by atoms with Crippen LogP contribution in [0.25, 0.3) is 0 Å². The van der Waals surface area contributed by atoms with Crippen molar-refractivity contribution in [2.45, 2.75) is 43.7 Å². The van der Waals surface area contributed by atoms with Crippen LogP contribution in [0.3, 0.4) is 0 Å². The van der Waals surface area contributed by atoms with Crippen LogP contribution in [0.15, 0.2) is 0 Å². The van der Waals surface area contributed by atoms with Crippen molar-refractivity contribution in [2.75, 3.05) is 19.6 Å². The van der Waals surface area contributed by atoms with Gasteiger partial charge in [-0.2, -0.15) is 0 Å². The lowest BCUT2D eigenvalue weighted by Crippen LogP contribution is -2.40. The summed E-state index contributed by atoms with van der Waals surface area (Å²) in [5.41, 5.74) is 5.43. The largest absolute Gasteiger partial charge is 0.389 e. The zero-order chi connectivity index (χ0) is 9.31. The number of nitrogens with zero attached hydrogens (tertiary/aromatic N) is 1. The Hall–Kier alpha value is -0.120. The fraction of sp³-hybridized carbons (Fsp3) is 1.00. The van der Waals surface area contributed by atoms with Crippen LogP contribution in [0.5, 0.6) is 0 Å². The highest BCUT2D eigenvalue weighted by Crippen LogP contribution is 2.30. The minimum atomic E-state index is -0.385. The number of likely N-dealkylation sites (tertiary alicyclic amines) is 1. The SMILES string of the molecule is NC1CCN(CC2(O)CCCC2)C1. The van der Waals surface area contributed by atoms with E-state index in [-0.39, 0.29) is 5.60 Å². The predicted octanol–water partition coefficient (Wildman–Crippen LogP) is 0.324. The standard InChI is InChI=1S/C10H20N2O/c11-9-3-6-12(7-9)8-10(13)4-1-2-5-10/h9,13H,1-8,11H2. The second-order valence-electron chi connectivity index (χ2n) is 4.72. The highest BCUT2D eigenvalue weighted by atomic mass is 16.3. The maximum absolute atomic E-state index is 10.2. The Labute approximate surface area is 79.9 Å². The van der Waals surface area contributed by atoms with Crippen molar-refractivity contribution < 1.29 is 5.11 Å². The summed E-state index contributed by atoms with van der Waals surface area (Å²) in [6, 6.07) is 0.338. The smallest absolute Gasteiger partial charge is 0.0774 e. The normalized spacial score (nSPS) is 34.2. The summed E-state index contributed by atoms with van der Waals surface area (Å²) in [6.45, 7) is 2.90. The lowest BCUT2D eigenvalue weighted by molar-refractivity contribution is 0.0155. The molecule has 1 heterocycles. The molecule has 1 aliphatic carbocycles. The van der Waals surface area contributed by atoms with Crippen molar-refractivity contribution in [2.24, 2.45) is 5.73 Å². The maximum atomic E-state index is 10.2. The van der Waals surface area contributed by atoms with Gasteiger partial charge in [-0.1, -0.05) is 12.8 Å². The third kappa shape index (κ3) is 2.22. The molecule has 3 N–H and O–H groups in total. The highest BCUT2D eigenvalue weighted by molar-refractivity contribution is 4.90. The number of aliphatic hydroxyl groups is 1. The van der Waals surface area contributed by atoms with E-state index in [0.29, 0.717) is 6.04 Å². The first-order valence-electron chi connectivity index (χ1n) is 5.38. The van der Waals surface area contributed by atoms with Crippen LogP contribution in [-0.4, -0.2) is 41.3 Å². The molecule has 1 saturated carbocycles. The predicted molar refractivity (Wildman–Crippen MR) is 52.5 cm³/mol. The van der Waals surface area contributed by atoms with Crippen molar-refractivity contribution in [1.82, 2.24) is 4.90 Å². The van der Waals surface area contributed by atoms with E-state index in [9.17, 15) is 5.11 Å². The molecule has 1 saturated heterocycles. The van der Waals surface area contributed by atoms with E-state index in [1.807, 2.05) is 0 Å². The van der Waals surface area contributed by atoms with Crippen LogP contribution in [0, 0.1) is 0 Å². The van der Waals surface area contributed by atoms with Gasteiger partial charge < -0.3 is 10.8 Å². The molecular formula is C10H20N2O. The average Bonchev–Trinajstić information content (AvgIpc) is 2.62. The molecule has 2 aliphatic rings. The average molecular weight is 184 g/mol. The fourth-order valence-electron chi connectivity index (χ4n) is 2.61. The molecule has 0 aromatic heterocycles. The van der Waals surface area contributed by atoms with Gasteiger partial charge in [-0.25, -0.2) is 0 Å². The summed E-state index contributed by atoms with van der Waals surface area (Å²) in [4.78, 5) is 2.32. The van der Waals surface area contributed by atoms with E-state index in [1.54, 1.807) is 0 Å². The molecule has 0 aromatic rings. The molecule has 2 rings (SSSR count). The van der Waals surface area contributed by atoms with Gasteiger partial charge in [-0.3, -0.25) is 4.90 Å². The van der Waals surface area contributed by atoms with Crippen molar-refractivity contribution in [3.05, 3.63) is 0 Å². The van der Waals surface area contributed by atoms with Crippen LogP contribution in [0.4, 0.5) is 0 Å². The molecule has 0 spiro atoms. The van der Waals surface area contributed by atoms with E-state index in [4.69, 9.17) is 5.73 Å². The van der Waals surface area contributed by atoms with Crippen LogP contribution in [0.2, 0.25) is 0 Å². The van der Waals surface area contributed by atoms with Gasteiger partial charge in [0.1, 0.15) is 0 Å². The third-order valence-electron chi connectivity index (χ3n) is 3.36. The van der Waals surface area contributed by atoms with Crippen molar-refractivity contribution in [1.29, 1.82) is 0 Å². The molecule has 76 valence electrons. The van der Waals surface area contributed by atoms with E-state index < -0.39 is 0 Å². The number of hydrogen-bond acceptors (Lipinski definition) is 3. The zero-order valence-electron chi connectivity index (χ0n) is 8.21. The van der Waals surface area contributed by atoms with Crippen LogP contribution >= 0.6 is 0 Å². The maximum Gasteiger partial charge on any atom is 0.0774 e. The van der Waals surface area contributed by atoms with Crippen molar-refractivity contribution >= 4 is 0 Å². The Morgan fingerprint density at radius 2 is 2.08 bits per heavy atom. The van der Waals surface area contributed by atoms with Gasteiger partial charge in [-0.15, -0.1) is 0 Å². The quantitative estimate of drug-likeness (QED) is 0.650. The first kappa shape index (κ1) is 9.44. The molecule has 0 aromatic carbocycles. The van der Waals surface area contributed by atoms with Gasteiger partial charge in [0, 0.05) is 19.1 Å². The molecule has 2 fully saturated rings. The summed E-state index contributed by atoms with van der Waals surface area (Å²) in [5.74, 6) is 0. The van der Waals surface area contributed by atoms with Crippen molar-refractivity contribution in [3.8, 4) is 0 Å². The highest BCUT2D eigenvalue weighted by Gasteiger charge is 2.34. The Bertz CT molecular complexity index is 178. The second-order valence-corrected chi connectivity index (χ2v) is 4.72. The molecule has 1 aliphatic heterocycles. The Kier molecular flexibility index (Phi) is 2.58. The minimum absolute atomic E-state index is 0.338. The van der Waals surface area contributed by atoms with Gasteiger partial charge in [0.25, 0.3) is 0 Å². The van der Waals surface area contributed by atoms with Gasteiger partial charge in [0.15, 0.2) is 0 Å². The molecular weight excluding hydrogens is 164 g/mol. The number of β-amino-alcohol motifs (C(OH)–C–C–N with tert-alkyl or cyclic N) is 1. The summed E-state index contributed by atoms with van der Waals surface area (Å²) < 4.78 is 0.